The van der Waals surface area contributed by atoms with E-state index in [9.17, 15) is 47.0 Å². The lowest BCUT2D eigenvalue weighted by atomic mass is 9.90. The molecule has 5 N–H and O–H groups in total. The van der Waals surface area contributed by atoms with E-state index in [1.807, 2.05) is 0 Å². The van der Waals surface area contributed by atoms with E-state index in [4.69, 9.17) is 4.74 Å². The minimum Gasteiger partial charge on any atom is -0.507 e. The Morgan fingerprint density at radius 3 is 2.34 bits per heavy atom. The Bertz CT molecular complexity index is 1460. The number of ether oxygens (including phenoxy) is 1. The molecule has 4 rings (SSSR count). The Hall–Kier alpha value is -4.31. The summed E-state index contributed by atoms with van der Waals surface area (Å²) in [6.45, 7) is 2.90. The third kappa shape index (κ3) is 6.45. The molecule has 1 aromatic heterocycles. The molecular weight excluding hydrogens is 594 g/mol. The number of aliphatic hydroxyl groups is 1. The lowest BCUT2D eigenvalue weighted by Crippen LogP contribution is -2.66. The van der Waals surface area contributed by atoms with Gasteiger partial charge < -0.3 is 35.8 Å². The maximum absolute atomic E-state index is 14.6. The molecule has 0 saturated carbocycles. The van der Waals surface area contributed by atoms with Crippen molar-refractivity contribution >= 4 is 23.6 Å². The first kappa shape index (κ1) is 32.6. The molecule has 238 valence electrons. The van der Waals surface area contributed by atoms with Gasteiger partial charge in [-0.3, -0.25) is 19.2 Å². The van der Waals surface area contributed by atoms with Gasteiger partial charge in [0.05, 0.1) is 35.8 Å². The van der Waals surface area contributed by atoms with Gasteiger partial charge in [-0.25, -0.2) is 4.39 Å². The molecule has 2 unspecified atom stereocenters. The maximum atomic E-state index is 14.6. The molecule has 4 amide bonds. The molecule has 2 aliphatic heterocycles. The van der Waals surface area contributed by atoms with E-state index in [1.54, 1.807) is 0 Å². The molecule has 0 aliphatic carbocycles. The largest absolute Gasteiger partial charge is 0.507 e. The van der Waals surface area contributed by atoms with E-state index in [2.05, 4.69) is 20.9 Å². The van der Waals surface area contributed by atoms with Crippen molar-refractivity contribution in [1.82, 2.24) is 25.8 Å². The number of carbonyl (C=O) groups excluding carboxylic acids is 4. The number of aromatic nitrogens is 1. The number of pyridine rings is 1. The first-order chi connectivity index (χ1) is 20.7. The van der Waals surface area contributed by atoms with Gasteiger partial charge in [-0.2, -0.15) is 18.2 Å². The Labute approximate surface area is 248 Å². The van der Waals surface area contributed by atoms with Crippen LogP contribution in [0.4, 0.5) is 17.6 Å². The number of carbonyl (C=O) groups is 4. The van der Waals surface area contributed by atoms with Gasteiger partial charge in [0, 0.05) is 25.6 Å². The lowest BCUT2D eigenvalue weighted by molar-refractivity contribution is -0.159. The Balaban J connectivity index is 1.76. The monoisotopic (exact) mass is 625 g/mol. The number of nitrogens with zero attached hydrogens (tertiary/aromatic N) is 2. The SMILES string of the molecule is C[C@H]1NC(=O)C(C2CCO2)N(C)C(=O)[C@H](C)[C@H](O)[C@H](Cc2c(F)nc(F)c(F)c2F)NC(=O)[C@H]1NC(=O)c1ccccc1O. The summed E-state index contributed by atoms with van der Waals surface area (Å²) in [6.07, 6.45) is -3.24. The number of hydrogen-bond acceptors (Lipinski definition) is 8. The third-order valence-corrected chi connectivity index (χ3v) is 7.86. The van der Waals surface area contributed by atoms with Crippen molar-refractivity contribution in [3.63, 3.8) is 0 Å². The number of halogens is 4. The second-order valence-corrected chi connectivity index (χ2v) is 10.8. The average molecular weight is 626 g/mol. The van der Waals surface area contributed by atoms with E-state index in [1.165, 1.54) is 45.2 Å². The van der Waals surface area contributed by atoms with Crippen LogP contribution in [0.25, 0.3) is 0 Å². The molecule has 7 atom stereocenters. The molecule has 0 bridgehead atoms. The predicted molar refractivity (Wildman–Crippen MR) is 143 cm³/mol. The van der Waals surface area contributed by atoms with Crippen molar-refractivity contribution in [2.24, 2.45) is 5.92 Å². The summed E-state index contributed by atoms with van der Waals surface area (Å²) >= 11 is 0. The van der Waals surface area contributed by atoms with E-state index >= 15 is 0 Å². The van der Waals surface area contributed by atoms with Crippen molar-refractivity contribution in [1.29, 1.82) is 0 Å². The van der Waals surface area contributed by atoms with Crippen molar-refractivity contribution in [3.05, 3.63) is 58.9 Å². The molecule has 0 radical (unpaired) electrons. The summed E-state index contributed by atoms with van der Waals surface area (Å²) in [4.78, 5) is 57.3. The van der Waals surface area contributed by atoms with Gasteiger partial charge in [-0.15, -0.1) is 0 Å². The second kappa shape index (κ2) is 13.1. The Kier molecular flexibility index (Phi) is 9.73. The number of phenolic OH excluding ortho intramolecular Hbond substituents is 1. The molecule has 12 nitrogen and oxygen atoms in total. The quantitative estimate of drug-likeness (QED) is 0.234. The molecule has 3 heterocycles. The van der Waals surface area contributed by atoms with Crippen LogP contribution in [-0.2, 0) is 25.5 Å². The van der Waals surface area contributed by atoms with Gasteiger partial charge in [0.15, 0.2) is 5.82 Å². The minimum atomic E-state index is -2.09. The Morgan fingerprint density at radius 1 is 1.07 bits per heavy atom. The molecular formula is C28H31F4N5O7. The van der Waals surface area contributed by atoms with Crippen molar-refractivity contribution in [2.75, 3.05) is 13.7 Å². The topological polar surface area (TPSA) is 170 Å². The highest BCUT2D eigenvalue weighted by atomic mass is 19.2. The molecule has 16 heteroatoms. The fourth-order valence-electron chi connectivity index (χ4n) is 5.18. The second-order valence-electron chi connectivity index (χ2n) is 10.8. The van der Waals surface area contributed by atoms with E-state index in [-0.39, 0.29) is 5.56 Å². The molecule has 1 aromatic carbocycles. The number of nitrogens with one attached hydrogen (secondary N) is 3. The van der Waals surface area contributed by atoms with Crippen LogP contribution in [-0.4, -0.2) is 93.8 Å². The molecule has 2 aromatic rings. The number of aromatic hydroxyl groups is 1. The van der Waals surface area contributed by atoms with Crippen molar-refractivity contribution in [2.45, 2.75) is 63.1 Å². The van der Waals surface area contributed by atoms with Gasteiger partial charge in [-0.05, 0) is 25.5 Å². The fraction of sp³-hybridized carbons (Fsp3) is 0.464. The number of likely N-dealkylation sites (N-methyl/N-ethyl adjacent to an activating group) is 1. The highest BCUT2D eigenvalue weighted by Crippen LogP contribution is 2.25. The van der Waals surface area contributed by atoms with E-state index < -0.39 is 107 Å². The van der Waals surface area contributed by atoms with Crippen LogP contribution in [0.15, 0.2) is 24.3 Å². The summed E-state index contributed by atoms with van der Waals surface area (Å²) in [5.41, 5.74) is -1.34. The average Bonchev–Trinajstić information content (AvgIpc) is 2.95. The first-order valence-corrected chi connectivity index (χ1v) is 13.7. The van der Waals surface area contributed by atoms with Gasteiger partial charge >= 0.3 is 0 Å². The number of amides is 4. The van der Waals surface area contributed by atoms with E-state index in [0.717, 1.165) is 4.90 Å². The highest BCUT2D eigenvalue weighted by molar-refractivity contribution is 6.00. The van der Waals surface area contributed by atoms with Gasteiger partial charge in [0.1, 0.15) is 17.8 Å². The third-order valence-electron chi connectivity index (χ3n) is 7.86. The normalized spacial score (nSPS) is 28.2. The van der Waals surface area contributed by atoms with Gasteiger partial charge in [0.2, 0.25) is 29.5 Å². The molecule has 44 heavy (non-hydrogen) atoms. The van der Waals surface area contributed by atoms with Crippen LogP contribution < -0.4 is 16.0 Å². The smallest absolute Gasteiger partial charge is 0.255 e. The first-order valence-electron chi connectivity index (χ1n) is 13.7. The molecule has 0 spiro atoms. The lowest BCUT2D eigenvalue weighted by Gasteiger charge is -2.41. The summed E-state index contributed by atoms with van der Waals surface area (Å²) in [5.74, 6) is -13.2. The van der Waals surface area contributed by atoms with Crippen LogP contribution in [0.2, 0.25) is 0 Å². The zero-order chi connectivity index (χ0) is 32.5. The van der Waals surface area contributed by atoms with Crippen LogP contribution in [0.1, 0.15) is 36.2 Å². The van der Waals surface area contributed by atoms with Crippen LogP contribution in [0, 0.1) is 29.4 Å². The number of phenols is 1. The minimum absolute atomic E-state index is 0.224. The zero-order valence-electron chi connectivity index (χ0n) is 23.8. The highest BCUT2D eigenvalue weighted by Gasteiger charge is 2.44. The van der Waals surface area contributed by atoms with E-state index in [0.29, 0.717) is 13.0 Å². The predicted octanol–water partition coefficient (Wildman–Crippen LogP) is 0.301. The van der Waals surface area contributed by atoms with Crippen LogP contribution >= 0.6 is 0 Å². The molecule has 2 saturated heterocycles. The summed E-state index contributed by atoms with van der Waals surface area (Å²) < 4.78 is 62.1. The standard InChI is InChI=1S/C28H31F4N5O7/c1-11-22(39)15(10-14-18(29)19(30)24(32)36-23(14)31)34-26(41)20(35-25(40)13-6-4-5-7-16(13)38)12(2)33-27(42)21(17-8-9-44-17)37(3)28(11)43/h4-7,11-12,15,17,20-22,38-39H,8-10H2,1-3H3,(H,33,42)(H,34,41)(H,35,40)/t11-,12-,15+,17?,20+,21?,22+/m1/s1. The number of rotatable bonds is 5. The number of aliphatic hydroxyl groups excluding tert-OH is 1. The van der Waals surface area contributed by atoms with Crippen molar-refractivity contribution in [3.8, 4) is 5.75 Å². The van der Waals surface area contributed by atoms with Gasteiger partial charge in [0.25, 0.3) is 11.9 Å². The number of hydrogen-bond donors (Lipinski definition) is 5. The van der Waals surface area contributed by atoms with Crippen LogP contribution in [0.5, 0.6) is 5.75 Å². The number of para-hydroxylation sites is 1. The molecule has 2 aliphatic rings. The zero-order valence-corrected chi connectivity index (χ0v) is 23.8. The van der Waals surface area contributed by atoms with Crippen LogP contribution in [0.3, 0.4) is 0 Å². The fourth-order valence-corrected chi connectivity index (χ4v) is 5.18. The number of benzene rings is 1. The summed E-state index contributed by atoms with van der Waals surface area (Å²) in [5, 5.41) is 28.7. The van der Waals surface area contributed by atoms with Crippen molar-refractivity contribution < 1.29 is 51.7 Å². The van der Waals surface area contributed by atoms with Gasteiger partial charge in [-0.1, -0.05) is 19.1 Å². The maximum Gasteiger partial charge on any atom is 0.255 e. The summed E-state index contributed by atoms with van der Waals surface area (Å²) in [7, 11) is 1.29. The Morgan fingerprint density at radius 2 is 1.73 bits per heavy atom. The molecule has 2 fully saturated rings. The summed E-state index contributed by atoms with van der Waals surface area (Å²) in [6, 6.07) is -0.398.